The van der Waals surface area contributed by atoms with Crippen molar-refractivity contribution in [2.24, 2.45) is 0 Å². The Morgan fingerprint density at radius 3 is 2.41 bits per heavy atom. The minimum absolute atomic E-state index is 0.0569. The SMILES string of the molecule is C=CCN(c1ccc(CO)c(C)c1)C(C)(C)C. The van der Waals surface area contributed by atoms with E-state index in [2.05, 4.69) is 44.4 Å². The number of aryl methyl sites for hydroxylation is 1. The molecule has 0 aliphatic carbocycles. The van der Waals surface area contributed by atoms with Crippen LogP contribution in [0, 0.1) is 6.92 Å². The van der Waals surface area contributed by atoms with E-state index in [1.807, 2.05) is 19.1 Å². The third-order valence-corrected chi connectivity index (χ3v) is 2.93. The van der Waals surface area contributed by atoms with Crippen molar-refractivity contribution in [2.75, 3.05) is 11.4 Å². The zero-order valence-corrected chi connectivity index (χ0v) is 11.3. The lowest BCUT2D eigenvalue weighted by Gasteiger charge is -2.37. The first-order valence-corrected chi connectivity index (χ1v) is 5.99. The van der Waals surface area contributed by atoms with Gasteiger partial charge in [-0.15, -0.1) is 6.58 Å². The highest BCUT2D eigenvalue weighted by molar-refractivity contribution is 5.53. The lowest BCUT2D eigenvalue weighted by Crippen LogP contribution is -2.41. The molecule has 0 atom stereocenters. The second kappa shape index (κ2) is 5.37. The van der Waals surface area contributed by atoms with Gasteiger partial charge in [0.1, 0.15) is 0 Å². The Balaban J connectivity index is 3.11. The molecule has 0 fully saturated rings. The number of anilines is 1. The number of hydrogen-bond donors (Lipinski definition) is 1. The summed E-state index contributed by atoms with van der Waals surface area (Å²) in [4.78, 5) is 2.30. The first-order valence-electron chi connectivity index (χ1n) is 5.99. The molecule has 0 amide bonds. The molecule has 0 saturated heterocycles. The molecule has 0 aliphatic rings. The van der Waals surface area contributed by atoms with E-state index >= 15 is 0 Å². The summed E-state index contributed by atoms with van der Waals surface area (Å²) in [6.45, 7) is 13.3. The number of hydrogen-bond acceptors (Lipinski definition) is 2. The fourth-order valence-corrected chi connectivity index (χ4v) is 1.92. The third-order valence-electron chi connectivity index (χ3n) is 2.93. The lowest BCUT2D eigenvalue weighted by atomic mass is 10.0. The Kier molecular flexibility index (Phi) is 4.35. The van der Waals surface area contributed by atoms with E-state index in [-0.39, 0.29) is 12.1 Å². The van der Waals surface area contributed by atoms with Crippen LogP contribution in [0.1, 0.15) is 31.9 Å². The zero-order valence-electron chi connectivity index (χ0n) is 11.3. The van der Waals surface area contributed by atoms with Crippen molar-refractivity contribution >= 4 is 5.69 Å². The Labute approximate surface area is 105 Å². The summed E-state index contributed by atoms with van der Waals surface area (Å²) in [6.07, 6.45) is 1.92. The van der Waals surface area contributed by atoms with Crippen LogP contribution in [0.5, 0.6) is 0 Å². The number of nitrogens with zero attached hydrogens (tertiary/aromatic N) is 1. The molecule has 1 N–H and O–H groups in total. The Morgan fingerprint density at radius 2 is 2.00 bits per heavy atom. The minimum Gasteiger partial charge on any atom is -0.392 e. The van der Waals surface area contributed by atoms with Gasteiger partial charge in [0.05, 0.1) is 6.61 Å². The summed E-state index contributed by atoms with van der Waals surface area (Å²) in [7, 11) is 0. The van der Waals surface area contributed by atoms with Gasteiger partial charge in [0, 0.05) is 17.8 Å². The number of aliphatic hydroxyl groups excluding tert-OH is 1. The molecule has 94 valence electrons. The maximum atomic E-state index is 9.18. The van der Waals surface area contributed by atoms with Crippen LogP contribution in [-0.2, 0) is 6.61 Å². The molecule has 0 spiro atoms. The fraction of sp³-hybridized carbons (Fsp3) is 0.467. The van der Waals surface area contributed by atoms with Crippen LogP contribution in [0.2, 0.25) is 0 Å². The molecule has 0 aromatic heterocycles. The van der Waals surface area contributed by atoms with Crippen LogP contribution in [0.25, 0.3) is 0 Å². The first-order chi connectivity index (χ1) is 7.90. The fourth-order valence-electron chi connectivity index (χ4n) is 1.92. The summed E-state index contributed by atoms with van der Waals surface area (Å²) >= 11 is 0. The predicted octanol–water partition coefficient (Wildman–Crippen LogP) is 3.28. The summed E-state index contributed by atoms with van der Waals surface area (Å²) in [5.41, 5.74) is 3.35. The smallest absolute Gasteiger partial charge is 0.0684 e. The van der Waals surface area contributed by atoms with Gasteiger partial charge in [-0.2, -0.15) is 0 Å². The Bertz CT molecular complexity index is 390. The molecule has 1 aromatic carbocycles. The molecule has 0 heterocycles. The van der Waals surface area contributed by atoms with E-state index in [9.17, 15) is 5.11 Å². The summed E-state index contributed by atoms with van der Waals surface area (Å²) in [5, 5.41) is 9.18. The summed E-state index contributed by atoms with van der Waals surface area (Å²) in [5.74, 6) is 0. The van der Waals surface area contributed by atoms with Gasteiger partial charge in [0.2, 0.25) is 0 Å². The van der Waals surface area contributed by atoms with Gasteiger partial charge in [-0.1, -0.05) is 12.1 Å². The van der Waals surface area contributed by atoms with Gasteiger partial charge in [-0.3, -0.25) is 0 Å². The number of benzene rings is 1. The average Bonchev–Trinajstić information content (AvgIpc) is 2.24. The molecular formula is C15H23NO. The second-order valence-corrected chi connectivity index (χ2v) is 5.34. The van der Waals surface area contributed by atoms with E-state index < -0.39 is 0 Å². The van der Waals surface area contributed by atoms with Gasteiger partial charge in [0.15, 0.2) is 0 Å². The Hall–Kier alpha value is -1.28. The molecule has 2 nitrogen and oxygen atoms in total. The molecule has 0 aliphatic heterocycles. The standard InChI is InChI=1S/C15H23NO/c1-6-9-16(15(3,4)5)14-8-7-13(11-17)12(2)10-14/h6-8,10,17H,1,9,11H2,2-5H3. The highest BCUT2D eigenvalue weighted by Crippen LogP contribution is 2.25. The molecule has 0 bridgehead atoms. The van der Waals surface area contributed by atoms with E-state index in [1.165, 1.54) is 5.69 Å². The van der Waals surface area contributed by atoms with Crippen LogP contribution in [0.4, 0.5) is 5.69 Å². The zero-order chi connectivity index (χ0) is 13.1. The molecule has 0 unspecified atom stereocenters. The molecular weight excluding hydrogens is 210 g/mol. The summed E-state index contributed by atoms with van der Waals surface area (Å²) in [6, 6.07) is 6.18. The van der Waals surface area contributed by atoms with Crippen LogP contribution in [0.15, 0.2) is 30.9 Å². The van der Waals surface area contributed by atoms with E-state index in [0.29, 0.717) is 0 Å². The molecule has 17 heavy (non-hydrogen) atoms. The molecule has 0 radical (unpaired) electrons. The van der Waals surface area contributed by atoms with E-state index in [0.717, 1.165) is 17.7 Å². The van der Waals surface area contributed by atoms with Gasteiger partial charge in [-0.25, -0.2) is 0 Å². The van der Waals surface area contributed by atoms with Crippen molar-refractivity contribution in [3.63, 3.8) is 0 Å². The van der Waals surface area contributed by atoms with E-state index in [4.69, 9.17) is 0 Å². The molecule has 0 saturated carbocycles. The van der Waals surface area contributed by atoms with Crippen LogP contribution >= 0.6 is 0 Å². The van der Waals surface area contributed by atoms with Gasteiger partial charge < -0.3 is 10.0 Å². The van der Waals surface area contributed by atoms with Crippen molar-refractivity contribution in [2.45, 2.75) is 39.8 Å². The third kappa shape index (κ3) is 3.34. The van der Waals surface area contributed by atoms with Crippen molar-refractivity contribution in [3.8, 4) is 0 Å². The predicted molar refractivity (Wildman–Crippen MR) is 74.4 cm³/mol. The quantitative estimate of drug-likeness (QED) is 0.807. The van der Waals surface area contributed by atoms with Crippen LogP contribution < -0.4 is 4.90 Å². The lowest BCUT2D eigenvalue weighted by molar-refractivity contribution is 0.281. The monoisotopic (exact) mass is 233 g/mol. The van der Waals surface area contributed by atoms with Gasteiger partial charge in [0.25, 0.3) is 0 Å². The van der Waals surface area contributed by atoms with Crippen LogP contribution in [-0.4, -0.2) is 17.2 Å². The van der Waals surface area contributed by atoms with Crippen molar-refractivity contribution in [3.05, 3.63) is 42.0 Å². The highest BCUT2D eigenvalue weighted by Gasteiger charge is 2.20. The maximum Gasteiger partial charge on any atom is 0.0684 e. The first kappa shape index (κ1) is 13.8. The Morgan fingerprint density at radius 1 is 1.35 bits per heavy atom. The topological polar surface area (TPSA) is 23.5 Å². The molecule has 1 aromatic rings. The van der Waals surface area contributed by atoms with E-state index in [1.54, 1.807) is 0 Å². The number of aliphatic hydroxyl groups is 1. The van der Waals surface area contributed by atoms with Crippen molar-refractivity contribution in [1.29, 1.82) is 0 Å². The number of rotatable bonds is 4. The van der Waals surface area contributed by atoms with Crippen molar-refractivity contribution < 1.29 is 5.11 Å². The largest absolute Gasteiger partial charge is 0.392 e. The van der Waals surface area contributed by atoms with Crippen molar-refractivity contribution in [1.82, 2.24) is 0 Å². The minimum atomic E-state index is 0.0569. The molecule has 2 heteroatoms. The summed E-state index contributed by atoms with van der Waals surface area (Å²) < 4.78 is 0. The molecule has 1 rings (SSSR count). The highest BCUT2D eigenvalue weighted by atomic mass is 16.3. The normalized spacial score (nSPS) is 11.4. The van der Waals surface area contributed by atoms with Crippen LogP contribution in [0.3, 0.4) is 0 Å². The van der Waals surface area contributed by atoms with Gasteiger partial charge >= 0.3 is 0 Å². The average molecular weight is 233 g/mol. The second-order valence-electron chi connectivity index (χ2n) is 5.34. The van der Waals surface area contributed by atoms with Gasteiger partial charge in [-0.05, 0) is 51.0 Å². The maximum absolute atomic E-state index is 9.18.